The second kappa shape index (κ2) is 6.95. The molecule has 0 aliphatic rings. The fourth-order valence-electron chi connectivity index (χ4n) is 2.38. The summed E-state index contributed by atoms with van der Waals surface area (Å²) in [6, 6.07) is 4.24. The number of methoxy groups -OCH3 is 1. The van der Waals surface area contributed by atoms with Crippen LogP contribution in [0.3, 0.4) is 0 Å². The fraction of sp³-hybridized carbons (Fsp3) is 0.733. The highest BCUT2D eigenvalue weighted by molar-refractivity contribution is 5.03. The first-order valence-electron chi connectivity index (χ1n) is 6.77. The Morgan fingerprint density at radius 3 is 2.56 bits per heavy atom. The van der Waals surface area contributed by atoms with Crippen molar-refractivity contribution in [3.63, 3.8) is 0 Å². The molecule has 1 rings (SSSR count). The van der Waals surface area contributed by atoms with Crippen LogP contribution in [0.1, 0.15) is 39.9 Å². The lowest BCUT2D eigenvalue weighted by Gasteiger charge is -2.36. The van der Waals surface area contributed by atoms with Gasteiger partial charge in [-0.1, -0.05) is 27.7 Å². The molecule has 2 atom stereocenters. The minimum absolute atomic E-state index is 0.104. The van der Waals surface area contributed by atoms with E-state index >= 15 is 0 Å². The lowest BCUT2D eigenvalue weighted by atomic mass is 9.83. The summed E-state index contributed by atoms with van der Waals surface area (Å²) in [7, 11) is 1.79. The van der Waals surface area contributed by atoms with E-state index in [1.54, 1.807) is 13.4 Å². The van der Waals surface area contributed by atoms with Crippen molar-refractivity contribution in [2.24, 2.45) is 5.41 Å². The minimum Gasteiger partial charge on any atom is -0.469 e. The second-order valence-corrected chi connectivity index (χ2v) is 5.87. The molecule has 0 bridgehead atoms. The van der Waals surface area contributed by atoms with Gasteiger partial charge in [0.2, 0.25) is 0 Å². The lowest BCUT2D eigenvalue weighted by molar-refractivity contribution is -0.0120. The van der Waals surface area contributed by atoms with Crippen LogP contribution >= 0.6 is 0 Å². The summed E-state index contributed by atoms with van der Waals surface area (Å²) < 4.78 is 11.2. The van der Waals surface area contributed by atoms with Crippen molar-refractivity contribution < 1.29 is 9.15 Å². The van der Waals surface area contributed by atoms with Gasteiger partial charge in [0.15, 0.2) is 0 Å². The van der Waals surface area contributed by atoms with Crippen molar-refractivity contribution in [1.29, 1.82) is 0 Å². The summed E-state index contributed by atoms with van der Waals surface area (Å²) in [5, 5.41) is 3.58. The van der Waals surface area contributed by atoms with Crippen molar-refractivity contribution in [1.82, 2.24) is 5.32 Å². The predicted octanol–water partition coefficient (Wildman–Crippen LogP) is 3.25. The average molecular weight is 253 g/mol. The van der Waals surface area contributed by atoms with Crippen LogP contribution in [0.15, 0.2) is 22.8 Å². The maximum Gasteiger partial charge on any atom is 0.105 e. The molecule has 0 radical (unpaired) electrons. The predicted molar refractivity (Wildman–Crippen MR) is 74.7 cm³/mol. The van der Waals surface area contributed by atoms with Gasteiger partial charge in [-0.3, -0.25) is 0 Å². The van der Waals surface area contributed by atoms with Crippen LogP contribution in [0.4, 0.5) is 0 Å². The van der Waals surface area contributed by atoms with Crippen molar-refractivity contribution in [2.75, 3.05) is 13.7 Å². The van der Waals surface area contributed by atoms with Gasteiger partial charge >= 0.3 is 0 Å². The molecule has 1 heterocycles. The molecule has 1 aromatic rings. The summed E-state index contributed by atoms with van der Waals surface area (Å²) in [5.74, 6) is 1.01. The Bertz CT molecular complexity index is 314. The van der Waals surface area contributed by atoms with Crippen LogP contribution in [0.25, 0.3) is 0 Å². The third kappa shape index (κ3) is 4.46. The van der Waals surface area contributed by atoms with Crippen LogP contribution in [0.2, 0.25) is 0 Å². The molecule has 0 saturated heterocycles. The van der Waals surface area contributed by atoms with Crippen molar-refractivity contribution >= 4 is 0 Å². The number of furan rings is 1. The summed E-state index contributed by atoms with van der Waals surface area (Å²) in [6.45, 7) is 9.81. The van der Waals surface area contributed by atoms with Gasteiger partial charge in [-0.15, -0.1) is 0 Å². The first-order valence-corrected chi connectivity index (χ1v) is 6.77. The van der Waals surface area contributed by atoms with Gasteiger partial charge in [0, 0.05) is 19.6 Å². The normalized spacial score (nSPS) is 15.6. The zero-order valence-corrected chi connectivity index (χ0v) is 12.3. The highest BCUT2D eigenvalue weighted by Crippen LogP contribution is 2.26. The van der Waals surface area contributed by atoms with Crippen LogP contribution < -0.4 is 5.32 Å². The molecular formula is C15H27NO2. The standard InChI is InChI=1S/C15H27NO2/c1-6-9-16-13(11-12-8-7-10-18-12)14(17-5)15(2,3)4/h7-8,10,13-14,16H,6,9,11H2,1-5H3. The first kappa shape index (κ1) is 15.3. The van der Waals surface area contributed by atoms with Gasteiger partial charge in [0.1, 0.15) is 5.76 Å². The molecule has 0 aliphatic heterocycles. The molecule has 2 unspecified atom stereocenters. The molecule has 18 heavy (non-hydrogen) atoms. The van der Waals surface area contributed by atoms with Gasteiger partial charge in [-0.05, 0) is 30.5 Å². The van der Waals surface area contributed by atoms with Gasteiger partial charge in [0.25, 0.3) is 0 Å². The molecule has 0 spiro atoms. The molecular weight excluding hydrogens is 226 g/mol. The molecule has 3 nitrogen and oxygen atoms in total. The Hall–Kier alpha value is -0.800. The molecule has 0 fully saturated rings. The van der Waals surface area contributed by atoms with Gasteiger partial charge in [-0.2, -0.15) is 0 Å². The number of ether oxygens (including phenoxy) is 1. The smallest absolute Gasteiger partial charge is 0.105 e. The maximum absolute atomic E-state index is 5.72. The van der Waals surface area contributed by atoms with Crippen LogP contribution in [0.5, 0.6) is 0 Å². The van der Waals surface area contributed by atoms with Crippen molar-refractivity contribution in [3.05, 3.63) is 24.2 Å². The molecule has 104 valence electrons. The molecule has 0 amide bonds. The Balaban J connectivity index is 2.75. The van der Waals surface area contributed by atoms with Crippen LogP contribution in [-0.4, -0.2) is 25.8 Å². The van der Waals surface area contributed by atoms with E-state index in [2.05, 4.69) is 33.0 Å². The Morgan fingerprint density at radius 1 is 1.39 bits per heavy atom. The van der Waals surface area contributed by atoms with Gasteiger partial charge < -0.3 is 14.5 Å². The van der Waals surface area contributed by atoms with E-state index < -0.39 is 0 Å². The highest BCUT2D eigenvalue weighted by atomic mass is 16.5. The average Bonchev–Trinajstić information content (AvgIpc) is 2.77. The summed E-state index contributed by atoms with van der Waals surface area (Å²) in [6.07, 6.45) is 3.87. The summed E-state index contributed by atoms with van der Waals surface area (Å²) in [5.41, 5.74) is 0.104. The first-order chi connectivity index (χ1) is 8.49. The number of hydrogen-bond acceptors (Lipinski definition) is 3. The van der Waals surface area contributed by atoms with E-state index in [1.807, 2.05) is 12.1 Å². The van der Waals surface area contributed by atoms with E-state index in [9.17, 15) is 0 Å². The quantitative estimate of drug-likeness (QED) is 0.810. The monoisotopic (exact) mass is 253 g/mol. The fourth-order valence-corrected chi connectivity index (χ4v) is 2.38. The Morgan fingerprint density at radius 2 is 2.11 bits per heavy atom. The molecule has 1 aromatic heterocycles. The van der Waals surface area contributed by atoms with E-state index in [0.29, 0.717) is 0 Å². The molecule has 3 heteroatoms. The topological polar surface area (TPSA) is 34.4 Å². The number of nitrogens with one attached hydrogen (secondary N) is 1. The van der Waals surface area contributed by atoms with Gasteiger partial charge in [-0.25, -0.2) is 0 Å². The number of hydrogen-bond donors (Lipinski definition) is 1. The van der Waals surface area contributed by atoms with Crippen LogP contribution in [-0.2, 0) is 11.2 Å². The minimum atomic E-state index is 0.104. The lowest BCUT2D eigenvalue weighted by Crippen LogP contribution is -2.49. The van der Waals surface area contributed by atoms with E-state index in [4.69, 9.17) is 9.15 Å². The summed E-state index contributed by atoms with van der Waals surface area (Å²) in [4.78, 5) is 0. The zero-order valence-electron chi connectivity index (χ0n) is 12.3. The maximum atomic E-state index is 5.72. The molecule has 0 aromatic carbocycles. The third-order valence-corrected chi connectivity index (χ3v) is 3.13. The highest BCUT2D eigenvalue weighted by Gasteiger charge is 2.32. The van der Waals surface area contributed by atoms with Gasteiger partial charge in [0.05, 0.1) is 12.4 Å². The number of rotatable bonds is 7. The van der Waals surface area contributed by atoms with Crippen molar-refractivity contribution in [2.45, 2.75) is 52.7 Å². The Kier molecular flexibility index (Phi) is 5.89. The molecule has 0 aliphatic carbocycles. The zero-order chi connectivity index (χ0) is 13.6. The largest absolute Gasteiger partial charge is 0.469 e. The van der Waals surface area contributed by atoms with Crippen LogP contribution in [0, 0.1) is 5.41 Å². The Labute approximate surface area is 111 Å². The molecule has 0 saturated carbocycles. The van der Waals surface area contributed by atoms with E-state index in [-0.39, 0.29) is 17.6 Å². The third-order valence-electron chi connectivity index (χ3n) is 3.13. The second-order valence-electron chi connectivity index (χ2n) is 5.87. The molecule has 1 N–H and O–H groups in total. The van der Waals surface area contributed by atoms with E-state index in [0.717, 1.165) is 25.1 Å². The van der Waals surface area contributed by atoms with E-state index in [1.165, 1.54) is 0 Å². The van der Waals surface area contributed by atoms with Crippen molar-refractivity contribution in [3.8, 4) is 0 Å². The SMILES string of the molecule is CCCNC(Cc1ccco1)C(OC)C(C)(C)C. The summed E-state index contributed by atoms with van der Waals surface area (Å²) >= 11 is 0.